The van der Waals surface area contributed by atoms with Crippen molar-refractivity contribution in [3.05, 3.63) is 92.3 Å². The Hall–Kier alpha value is -4.48. The molecule has 212 valence electrons. The molecule has 6 rings (SSSR count). The monoisotopic (exact) mass is 555 g/mol. The average molecular weight is 556 g/mol. The molecule has 0 aromatic carbocycles. The summed E-state index contributed by atoms with van der Waals surface area (Å²) in [5.41, 5.74) is 5.66. The molecule has 0 saturated heterocycles. The number of anilines is 2. The molecule has 0 unspecified atom stereocenters. The van der Waals surface area contributed by atoms with Crippen molar-refractivity contribution in [1.29, 1.82) is 0 Å². The maximum Gasteiger partial charge on any atom is 0.280 e. The van der Waals surface area contributed by atoms with Gasteiger partial charge in [0.05, 0.1) is 18.9 Å². The van der Waals surface area contributed by atoms with E-state index in [1.54, 1.807) is 49.6 Å². The van der Waals surface area contributed by atoms with Crippen LogP contribution in [0.3, 0.4) is 0 Å². The number of hydrogen-bond acceptors (Lipinski definition) is 7. The van der Waals surface area contributed by atoms with Gasteiger partial charge in [-0.2, -0.15) is 5.10 Å². The molecule has 41 heavy (non-hydrogen) atoms. The molecule has 0 spiro atoms. The van der Waals surface area contributed by atoms with Crippen LogP contribution in [0, 0.1) is 5.41 Å². The van der Waals surface area contributed by atoms with Crippen LogP contribution >= 0.6 is 0 Å². The lowest BCUT2D eigenvalue weighted by Crippen LogP contribution is -2.23. The summed E-state index contributed by atoms with van der Waals surface area (Å²) >= 11 is 0. The zero-order valence-electron chi connectivity index (χ0n) is 23.8. The highest BCUT2D eigenvalue weighted by Crippen LogP contribution is 2.37. The molecule has 0 radical (unpaired) electrons. The summed E-state index contributed by atoms with van der Waals surface area (Å²) in [5.74, 6) is 0.852. The number of fused-ring (bicyclic) bond motifs is 3. The zero-order valence-corrected chi connectivity index (χ0v) is 23.8. The molecule has 0 bridgehead atoms. The highest BCUT2D eigenvalue weighted by molar-refractivity contribution is 5.73. The molecule has 2 N–H and O–H groups in total. The van der Waals surface area contributed by atoms with Gasteiger partial charge in [0.1, 0.15) is 17.0 Å². The highest BCUT2D eigenvalue weighted by atomic mass is 16.5. The number of aryl methyl sites for hydroxylation is 2. The molecule has 0 aliphatic heterocycles. The van der Waals surface area contributed by atoms with Crippen LogP contribution in [0.4, 0.5) is 11.5 Å². The minimum atomic E-state index is -0.353. The fourth-order valence-corrected chi connectivity index (χ4v) is 5.88. The van der Waals surface area contributed by atoms with Gasteiger partial charge in [-0.05, 0) is 47.6 Å². The Labute approximate surface area is 236 Å². The predicted octanol–water partition coefficient (Wildman–Crippen LogP) is 3.09. The zero-order chi connectivity index (χ0) is 29.1. The Morgan fingerprint density at radius 2 is 1.90 bits per heavy atom. The normalized spacial score (nSPS) is 14.1. The first-order valence-electron chi connectivity index (χ1n) is 13.4. The van der Waals surface area contributed by atoms with E-state index in [2.05, 4.69) is 29.2 Å². The van der Waals surface area contributed by atoms with Crippen LogP contribution in [-0.2, 0) is 44.9 Å². The van der Waals surface area contributed by atoms with Gasteiger partial charge in [0.2, 0.25) is 0 Å². The fourth-order valence-electron chi connectivity index (χ4n) is 5.88. The minimum absolute atomic E-state index is 0.174. The summed E-state index contributed by atoms with van der Waals surface area (Å²) in [6.45, 7) is 4.50. The number of rotatable bonds is 7. The number of methoxy groups -OCH3 is 1. The second kappa shape index (κ2) is 9.86. The van der Waals surface area contributed by atoms with Crippen molar-refractivity contribution in [2.24, 2.45) is 19.5 Å². The predicted molar refractivity (Wildman–Crippen MR) is 156 cm³/mol. The summed E-state index contributed by atoms with van der Waals surface area (Å²) in [4.78, 5) is 31.2. The summed E-state index contributed by atoms with van der Waals surface area (Å²) < 4.78 is 11.8. The number of nitrogens with zero attached hydrogens (tertiary/aromatic N) is 6. The number of pyridine rings is 2. The lowest BCUT2D eigenvalue weighted by Gasteiger charge is -2.17. The van der Waals surface area contributed by atoms with E-state index in [1.807, 2.05) is 29.8 Å². The van der Waals surface area contributed by atoms with Crippen molar-refractivity contribution in [2.45, 2.75) is 39.9 Å². The van der Waals surface area contributed by atoms with Crippen molar-refractivity contribution in [2.75, 3.05) is 12.4 Å². The number of aliphatic hydroxyl groups is 1. The van der Waals surface area contributed by atoms with E-state index in [0.717, 1.165) is 18.5 Å². The van der Waals surface area contributed by atoms with Gasteiger partial charge in [-0.15, -0.1) is 0 Å². The molecule has 5 aromatic heterocycles. The van der Waals surface area contributed by atoms with E-state index in [1.165, 1.54) is 20.4 Å². The molecule has 1 aliphatic carbocycles. The first-order valence-corrected chi connectivity index (χ1v) is 13.4. The lowest BCUT2D eigenvalue weighted by atomic mass is 9.90. The Morgan fingerprint density at radius 1 is 1.10 bits per heavy atom. The molecule has 0 saturated carbocycles. The smallest absolute Gasteiger partial charge is 0.280 e. The van der Waals surface area contributed by atoms with Crippen molar-refractivity contribution >= 4 is 17.0 Å². The van der Waals surface area contributed by atoms with Crippen LogP contribution in [0.5, 0.6) is 0 Å². The maximum atomic E-state index is 13.7. The number of nitrogens with one attached hydrogen (secondary N) is 1. The lowest BCUT2D eigenvalue weighted by molar-refractivity contribution is 0.178. The Balaban J connectivity index is 1.43. The summed E-state index contributed by atoms with van der Waals surface area (Å²) in [5, 5.41) is 18.1. The van der Waals surface area contributed by atoms with Gasteiger partial charge in [0.15, 0.2) is 5.82 Å². The van der Waals surface area contributed by atoms with Gasteiger partial charge in [0.25, 0.3) is 11.1 Å². The summed E-state index contributed by atoms with van der Waals surface area (Å²) in [7, 11) is 5.08. The van der Waals surface area contributed by atoms with Crippen molar-refractivity contribution < 1.29 is 9.84 Å². The number of hydrogen-bond donors (Lipinski definition) is 2. The Kier molecular flexibility index (Phi) is 6.43. The van der Waals surface area contributed by atoms with Crippen molar-refractivity contribution in [1.82, 2.24) is 28.3 Å². The molecule has 0 fully saturated rings. The quantitative estimate of drug-likeness (QED) is 0.317. The molecular formula is C30H33N7O4. The first-order chi connectivity index (χ1) is 19.6. The summed E-state index contributed by atoms with van der Waals surface area (Å²) in [6.07, 6.45) is 8.74. The molecule has 0 amide bonds. The maximum absolute atomic E-state index is 13.7. The van der Waals surface area contributed by atoms with Crippen LogP contribution in [0.2, 0.25) is 0 Å². The van der Waals surface area contributed by atoms with E-state index in [4.69, 9.17) is 4.74 Å². The van der Waals surface area contributed by atoms with Crippen LogP contribution in [-0.4, -0.2) is 40.5 Å². The van der Waals surface area contributed by atoms with Gasteiger partial charge in [-0.1, -0.05) is 13.8 Å². The third kappa shape index (κ3) is 4.56. The second-order valence-electron chi connectivity index (χ2n) is 11.4. The Morgan fingerprint density at radius 3 is 2.66 bits per heavy atom. The largest absolute Gasteiger partial charge is 0.392 e. The van der Waals surface area contributed by atoms with Crippen molar-refractivity contribution in [3.63, 3.8) is 0 Å². The molecular weight excluding hydrogens is 522 g/mol. The van der Waals surface area contributed by atoms with Gasteiger partial charge in [-0.25, -0.2) is 4.98 Å². The van der Waals surface area contributed by atoms with Crippen LogP contribution < -0.4 is 16.4 Å². The molecule has 5 aromatic rings. The molecule has 11 heteroatoms. The SMILES string of the molecule is COCc1cc(Nc2cc(-c3ccnc(-n4ccn5c6c(cc5c4=O)CC(C)(C)C6)c3CO)cn(C)c2=O)nn1C. The number of ether oxygens (including phenoxy) is 1. The van der Waals surface area contributed by atoms with Crippen molar-refractivity contribution in [3.8, 4) is 16.9 Å². The second-order valence-corrected chi connectivity index (χ2v) is 11.4. The van der Waals surface area contributed by atoms with E-state index in [9.17, 15) is 14.7 Å². The molecule has 1 aliphatic rings. The molecule has 5 heterocycles. The van der Waals surface area contributed by atoms with Crippen LogP contribution in [0.15, 0.2) is 58.6 Å². The number of aromatic nitrogens is 6. The third-order valence-electron chi connectivity index (χ3n) is 7.80. The number of aliphatic hydroxyl groups excluding tert-OH is 1. The first kappa shape index (κ1) is 26.7. The summed E-state index contributed by atoms with van der Waals surface area (Å²) in [6, 6.07) is 7.29. The van der Waals surface area contributed by atoms with Gasteiger partial charge in [-0.3, -0.25) is 18.8 Å². The Bertz CT molecular complexity index is 1930. The van der Waals surface area contributed by atoms with Crippen LogP contribution in [0.25, 0.3) is 22.5 Å². The molecule has 0 atom stereocenters. The third-order valence-corrected chi connectivity index (χ3v) is 7.80. The van der Waals surface area contributed by atoms with Gasteiger partial charge in [0, 0.05) is 68.9 Å². The topological polar surface area (TPSA) is 121 Å². The highest BCUT2D eigenvalue weighted by Gasteiger charge is 2.31. The van der Waals surface area contributed by atoms with E-state index in [0.29, 0.717) is 46.1 Å². The standard InChI is InChI=1S/C30H33N7O4/c1-30(2)13-18-11-24-29(40)37(9-8-36(24)25(18)14-30)27-22(16-38)21(6-7-31-27)19-10-23(28(39)34(3)15-19)32-26-12-20(17-41-5)35(4)33-26/h6-12,15,38H,13-14,16-17H2,1-5H3,(H,32,33). The van der Waals surface area contributed by atoms with E-state index >= 15 is 0 Å². The van der Waals surface area contributed by atoms with E-state index < -0.39 is 0 Å². The van der Waals surface area contributed by atoms with Gasteiger partial charge < -0.3 is 24.1 Å². The average Bonchev–Trinajstić information content (AvgIpc) is 3.55. The van der Waals surface area contributed by atoms with E-state index in [-0.39, 0.29) is 23.1 Å². The van der Waals surface area contributed by atoms with Gasteiger partial charge >= 0.3 is 0 Å². The molecule has 11 nitrogen and oxygen atoms in total. The fraction of sp³-hybridized carbons (Fsp3) is 0.333. The van der Waals surface area contributed by atoms with Crippen LogP contribution in [0.1, 0.15) is 36.4 Å². The minimum Gasteiger partial charge on any atom is -0.392 e.